The van der Waals surface area contributed by atoms with Gasteiger partial charge < -0.3 is 10.3 Å². The van der Waals surface area contributed by atoms with Crippen molar-refractivity contribution < 1.29 is 0 Å². The van der Waals surface area contributed by atoms with Gasteiger partial charge in [-0.2, -0.15) is 0 Å². The molecule has 2 heteroatoms. The quantitative estimate of drug-likeness (QED) is 0.796. The highest BCUT2D eigenvalue weighted by molar-refractivity contribution is 5.89. The predicted molar refractivity (Wildman–Crippen MR) is 70.4 cm³/mol. The Kier molecular flexibility index (Phi) is 1.92. The normalized spacial score (nSPS) is 22.1. The van der Waals surface area contributed by atoms with E-state index in [2.05, 4.69) is 22.8 Å². The van der Waals surface area contributed by atoms with Crippen molar-refractivity contribution in [3.63, 3.8) is 0 Å². The average molecular weight is 226 g/mol. The minimum Gasteiger partial charge on any atom is -0.343 e. The van der Waals surface area contributed by atoms with E-state index in [1.807, 2.05) is 0 Å². The molecule has 1 aliphatic carbocycles. The molecule has 88 valence electrons. The Morgan fingerprint density at radius 3 is 3.12 bits per heavy atom. The Balaban J connectivity index is 2.10. The molecule has 0 radical (unpaired) electrons. The number of hydrogen-bond acceptors (Lipinski definition) is 1. The van der Waals surface area contributed by atoms with E-state index in [1.54, 1.807) is 11.3 Å². The van der Waals surface area contributed by atoms with Crippen LogP contribution in [-0.2, 0) is 19.4 Å². The fourth-order valence-corrected chi connectivity index (χ4v) is 3.86. The molecule has 4 rings (SSSR count). The molecule has 2 aromatic rings. The topological polar surface area (TPSA) is 30.9 Å². The van der Waals surface area contributed by atoms with Crippen LogP contribution in [-0.4, -0.2) is 11.1 Å². The van der Waals surface area contributed by atoms with E-state index in [0.29, 0.717) is 5.92 Å². The van der Waals surface area contributed by atoms with Gasteiger partial charge in [0.25, 0.3) is 0 Å². The third kappa shape index (κ3) is 1.14. The highest BCUT2D eigenvalue weighted by Gasteiger charge is 2.29. The van der Waals surface area contributed by atoms with E-state index in [4.69, 9.17) is 5.73 Å². The standard InChI is InChI=1S/C15H18N2/c16-9-11-4-2-6-13-12-5-1-3-10-7-8-17(14(10)12)15(11)13/h1,3,5,11H,2,4,6-9,16H2. The summed E-state index contributed by atoms with van der Waals surface area (Å²) in [7, 11) is 0. The third-order valence-corrected chi connectivity index (χ3v) is 4.57. The fourth-order valence-electron chi connectivity index (χ4n) is 3.86. The molecule has 1 unspecified atom stereocenters. The number of rotatable bonds is 1. The van der Waals surface area contributed by atoms with Gasteiger partial charge in [0.15, 0.2) is 0 Å². The maximum atomic E-state index is 5.97. The number of hydrogen-bond donors (Lipinski definition) is 1. The largest absolute Gasteiger partial charge is 0.343 e. The van der Waals surface area contributed by atoms with Crippen molar-refractivity contribution in [1.29, 1.82) is 0 Å². The van der Waals surface area contributed by atoms with Crippen LogP contribution in [0.1, 0.15) is 35.6 Å². The molecule has 1 aromatic heterocycles. The molecule has 1 aliphatic heterocycles. The van der Waals surface area contributed by atoms with Crippen LogP contribution < -0.4 is 5.73 Å². The lowest BCUT2D eigenvalue weighted by Crippen LogP contribution is -2.20. The number of benzene rings is 1. The summed E-state index contributed by atoms with van der Waals surface area (Å²) in [6.45, 7) is 1.97. The van der Waals surface area contributed by atoms with Gasteiger partial charge >= 0.3 is 0 Å². The summed E-state index contributed by atoms with van der Waals surface area (Å²) < 4.78 is 2.57. The van der Waals surface area contributed by atoms with Crippen LogP contribution in [0, 0.1) is 0 Å². The zero-order chi connectivity index (χ0) is 11.4. The summed E-state index contributed by atoms with van der Waals surface area (Å²) >= 11 is 0. The minimum atomic E-state index is 0.595. The minimum absolute atomic E-state index is 0.595. The average Bonchev–Trinajstić information content (AvgIpc) is 2.94. The zero-order valence-corrected chi connectivity index (χ0v) is 10.1. The summed E-state index contributed by atoms with van der Waals surface area (Å²) in [5, 5.41) is 1.51. The molecule has 0 saturated heterocycles. The van der Waals surface area contributed by atoms with Crippen molar-refractivity contribution >= 4 is 10.9 Å². The zero-order valence-electron chi connectivity index (χ0n) is 10.1. The van der Waals surface area contributed by atoms with Gasteiger partial charge in [0, 0.05) is 30.1 Å². The first-order chi connectivity index (χ1) is 8.40. The van der Waals surface area contributed by atoms with E-state index in [9.17, 15) is 0 Å². The van der Waals surface area contributed by atoms with E-state index < -0.39 is 0 Å². The highest BCUT2D eigenvalue weighted by Crippen LogP contribution is 2.41. The lowest BCUT2D eigenvalue weighted by Gasteiger charge is -2.23. The number of nitrogens with two attached hydrogens (primary N) is 1. The van der Waals surface area contributed by atoms with E-state index >= 15 is 0 Å². The molecule has 2 nitrogen and oxygen atoms in total. The first-order valence-corrected chi connectivity index (χ1v) is 6.73. The smallest absolute Gasteiger partial charge is 0.0518 e. The SMILES string of the molecule is NCC1CCCc2c1n1c3c(cccc23)CC1. The molecule has 2 heterocycles. The van der Waals surface area contributed by atoms with Crippen molar-refractivity contribution in [2.24, 2.45) is 5.73 Å². The van der Waals surface area contributed by atoms with Gasteiger partial charge in [-0.15, -0.1) is 0 Å². The van der Waals surface area contributed by atoms with Crippen LogP contribution in [0.25, 0.3) is 10.9 Å². The maximum Gasteiger partial charge on any atom is 0.0518 e. The van der Waals surface area contributed by atoms with Crippen molar-refractivity contribution in [2.75, 3.05) is 6.54 Å². The van der Waals surface area contributed by atoms with Gasteiger partial charge in [-0.1, -0.05) is 18.2 Å². The predicted octanol–water partition coefficient (Wildman–Crippen LogP) is 2.58. The Morgan fingerprint density at radius 2 is 2.24 bits per heavy atom. The second kappa shape index (κ2) is 3.36. The van der Waals surface area contributed by atoms with Crippen molar-refractivity contribution in [2.45, 2.75) is 38.1 Å². The molecule has 2 aliphatic rings. The molecular weight excluding hydrogens is 208 g/mol. The Labute approximate surface area is 101 Å². The summed E-state index contributed by atoms with van der Waals surface area (Å²) in [6, 6.07) is 6.81. The summed E-state index contributed by atoms with van der Waals surface area (Å²) in [6.07, 6.45) is 5.03. The Bertz CT molecular complexity index is 594. The molecule has 2 N–H and O–H groups in total. The van der Waals surface area contributed by atoms with Gasteiger partial charge in [0.2, 0.25) is 0 Å². The van der Waals surface area contributed by atoms with Gasteiger partial charge in [0.05, 0.1) is 5.52 Å². The van der Waals surface area contributed by atoms with Crippen LogP contribution >= 0.6 is 0 Å². The molecule has 1 atom stereocenters. The summed E-state index contributed by atoms with van der Waals surface area (Å²) in [5.41, 5.74) is 12.2. The molecule has 0 bridgehead atoms. The second-order valence-electron chi connectivity index (χ2n) is 5.40. The Morgan fingerprint density at radius 1 is 1.29 bits per heavy atom. The van der Waals surface area contributed by atoms with Crippen molar-refractivity contribution in [3.8, 4) is 0 Å². The van der Waals surface area contributed by atoms with Gasteiger partial charge in [-0.25, -0.2) is 0 Å². The number of aryl methyl sites for hydroxylation is 3. The van der Waals surface area contributed by atoms with E-state index in [-0.39, 0.29) is 0 Å². The van der Waals surface area contributed by atoms with E-state index in [1.165, 1.54) is 48.7 Å². The lowest BCUT2D eigenvalue weighted by atomic mass is 9.86. The number of nitrogens with zero attached hydrogens (tertiary/aromatic N) is 1. The third-order valence-electron chi connectivity index (χ3n) is 4.57. The highest BCUT2D eigenvalue weighted by atomic mass is 15.0. The van der Waals surface area contributed by atoms with Gasteiger partial charge in [0.1, 0.15) is 0 Å². The second-order valence-corrected chi connectivity index (χ2v) is 5.40. The van der Waals surface area contributed by atoms with Crippen LogP contribution in [0.15, 0.2) is 18.2 Å². The lowest BCUT2D eigenvalue weighted by molar-refractivity contribution is 0.522. The fraction of sp³-hybridized carbons (Fsp3) is 0.467. The van der Waals surface area contributed by atoms with Crippen molar-refractivity contribution in [3.05, 3.63) is 35.0 Å². The molecule has 1 aromatic carbocycles. The van der Waals surface area contributed by atoms with E-state index in [0.717, 1.165) is 6.54 Å². The molecule has 17 heavy (non-hydrogen) atoms. The number of aromatic nitrogens is 1. The number of fused-ring (bicyclic) bond motifs is 3. The first-order valence-electron chi connectivity index (χ1n) is 6.73. The van der Waals surface area contributed by atoms with Crippen LogP contribution in [0.5, 0.6) is 0 Å². The van der Waals surface area contributed by atoms with Gasteiger partial charge in [-0.05, 0) is 36.8 Å². The first kappa shape index (κ1) is 9.72. The molecule has 0 spiro atoms. The van der Waals surface area contributed by atoms with Crippen LogP contribution in [0.3, 0.4) is 0 Å². The number of para-hydroxylation sites is 1. The molecular formula is C15H18N2. The Hall–Kier alpha value is -1.28. The van der Waals surface area contributed by atoms with Crippen molar-refractivity contribution in [1.82, 2.24) is 4.57 Å². The maximum absolute atomic E-state index is 5.97. The summed E-state index contributed by atoms with van der Waals surface area (Å²) in [5.74, 6) is 0.595. The van der Waals surface area contributed by atoms with Crippen LogP contribution in [0.2, 0.25) is 0 Å². The van der Waals surface area contributed by atoms with Gasteiger partial charge in [-0.3, -0.25) is 0 Å². The van der Waals surface area contributed by atoms with Crippen LogP contribution in [0.4, 0.5) is 0 Å². The molecule has 0 saturated carbocycles. The molecule has 0 amide bonds. The monoisotopic (exact) mass is 226 g/mol. The summed E-state index contributed by atoms with van der Waals surface area (Å²) in [4.78, 5) is 0. The molecule has 0 fully saturated rings.